The van der Waals surface area contributed by atoms with Crippen molar-refractivity contribution in [2.75, 3.05) is 0 Å². The van der Waals surface area contributed by atoms with Gasteiger partial charge >= 0.3 is 0 Å². The summed E-state index contributed by atoms with van der Waals surface area (Å²) in [6.07, 6.45) is 0. The van der Waals surface area contributed by atoms with Crippen LogP contribution in [0.1, 0.15) is 0 Å². The van der Waals surface area contributed by atoms with Crippen LogP contribution in [-0.4, -0.2) is 19.6 Å². The quantitative estimate of drug-likeness (QED) is 0.190. The molecule has 9 aromatic rings. The first-order valence-corrected chi connectivity index (χ1v) is 15.7. The lowest BCUT2D eigenvalue weighted by Crippen LogP contribution is -1.99. The van der Waals surface area contributed by atoms with Crippen LogP contribution in [-0.2, 0) is 0 Å². The summed E-state index contributed by atoms with van der Waals surface area (Å²) < 4.78 is 10.4. The molecular formula is C42H28N4O. The first-order chi connectivity index (χ1) is 23.3. The van der Waals surface area contributed by atoms with Crippen LogP contribution < -0.4 is 0 Å². The number of para-hydroxylation sites is 2. The van der Waals surface area contributed by atoms with Crippen LogP contribution in [0.5, 0.6) is 0 Å². The summed E-state index contributed by atoms with van der Waals surface area (Å²) in [6, 6.07) is 58.3. The minimum atomic E-state index is 0.844. The molecule has 5 heteroatoms. The summed E-state index contributed by atoms with van der Waals surface area (Å²) in [7, 11) is 0. The first kappa shape index (κ1) is 26.9. The Bertz CT molecular complexity index is 2320. The fourth-order valence-electron chi connectivity index (χ4n) is 6.30. The largest absolute Gasteiger partial charge is 0.456 e. The molecule has 0 aliphatic carbocycles. The second kappa shape index (κ2) is 11.2. The Morgan fingerprint density at radius 2 is 0.745 bits per heavy atom. The zero-order valence-electron chi connectivity index (χ0n) is 25.4. The minimum Gasteiger partial charge on any atom is -0.456 e. The highest BCUT2D eigenvalue weighted by molar-refractivity contribution is 6.07. The number of benzene rings is 6. The van der Waals surface area contributed by atoms with Crippen LogP contribution in [0.2, 0.25) is 0 Å². The highest BCUT2D eigenvalue weighted by Gasteiger charge is 2.18. The van der Waals surface area contributed by atoms with Crippen molar-refractivity contribution in [3.63, 3.8) is 0 Å². The van der Waals surface area contributed by atoms with Crippen molar-refractivity contribution in [2.45, 2.75) is 0 Å². The molecule has 0 aliphatic heterocycles. The van der Waals surface area contributed by atoms with Crippen molar-refractivity contribution in [1.29, 1.82) is 0 Å². The van der Waals surface area contributed by atoms with E-state index in [2.05, 4.69) is 97.1 Å². The minimum absolute atomic E-state index is 0.844. The molecule has 0 saturated heterocycles. The van der Waals surface area contributed by atoms with Crippen molar-refractivity contribution < 1.29 is 4.42 Å². The van der Waals surface area contributed by atoms with E-state index in [1.165, 1.54) is 0 Å². The molecule has 0 N–H and O–H groups in total. The summed E-state index contributed by atoms with van der Waals surface area (Å²) in [5, 5.41) is 12.2. The Balaban J connectivity index is 1.21. The molecule has 0 bridgehead atoms. The van der Waals surface area contributed by atoms with Crippen LogP contribution in [0, 0.1) is 0 Å². The Kier molecular flexibility index (Phi) is 6.39. The Morgan fingerprint density at radius 3 is 1.15 bits per heavy atom. The van der Waals surface area contributed by atoms with Crippen molar-refractivity contribution in [3.05, 3.63) is 170 Å². The van der Waals surface area contributed by atoms with Crippen LogP contribution in [0.4, 0.5) is 0 Å². The second-order valence-corrected chi connectivity index (χ2v) is 11.6. The third-order valence-corrected chi connectivity index (χ3v) is 8.62. The van der Waals surface area contributed by atoms with Gasteiger partial charge in [0, 0.05) is 33.0 Å². The molecule has 0 aliphatic rings. The molecule has 222 valence electrons. The number of aromatic nitrogens is 4. The fourth-order valence-corrected chi connectivity index (χ4v) is 6.30. The van der Waals surface area contributed by atoms with Gasteiger partial charge in [-0.1, -0.05) is 97.1 Å². The Morgan fingerprint density at radius 1 is 0.362 bits per heavy atom. The van der Waals surface area contributed by atoms with E-state index in [0.29, 0.717) is 0 Å². The van der Waals surface area contributed by atoms with Gasteiger partial charge in [0.05, 0.1) is 34.2 Å². The van der Waals surface area contributed by atoms with Gasteiger partial charge in [0.1, 0.15) is 11.2 Å². The lowest BCUT2D eigenvalue weighted by molar-refractivity contribution is 0.669. The van der Waals surface area contributed by atoms with Crippen molar-refractivity contribution in [1.82, 2.24) is 19.6 Å². The van der Waals surface area contributed by atoms with E-state index in [-0.39, 0.29) is 0 Å². The standard InChI is InChI=1S/C42H28N4O/c1-5-13-29(14-6-1)37-27-39(45(43-37)33-17-9-3-10-18-33)31-21-23-41-35(25-31)36-26-32(22-24-42(36)47-41)40-28-38(30-15-7-2-8-16-30)44-46(40)34-19-11-4-12-20-34/h1-28H. The van der Waals surface area contributed by atoms with Gasteiger partial charge < -0.3 is 4.42 Å². The number of nitrogens with zero attached hydrogens (tertiary/aromatic N) is 4. The molecule has 3 heterocycles. The maximum absolute atomic E-state index is 6.37. The Labute approximate surface area is 271 Å². The molecule has 0 radical (unpaired) electrons. The number of hydrogen-bond donors (Lipinski definition) is 0. The molecule has 0 atom stereocenters. The van der Waals surface area contributed by atoms with Gasteiger partial charge in [-0.2, -0.15) is 10.2 Å². The van der Waals surface area contributed by atoms with E-state index < -0.39 is 0 Å². The third-order valence-electron chi connectivity index (χ3n) is 8.62. The average molecular weight is 605 g/mol. The molecule has 0 unspecified atom stereocenters. The summed E-state index contributed by atoms with van der Waals surface area (Å²) in [5.74, 6) is 0. The smallest absolute Gasteiger partial charge is 0.135 e. The summed E-state index contributed by atoms with van der Waals surface area (Å²) >= 11 is 0. The predicted molar refractivity (Wildman–Crippen MR) is 190 cm³/mol. The molecule has 9 rings (SSSR count). The zero-order valence-corrected chi connectivity index (χ0v) is 25.4. The first-order valence-electron chi connectivity index (χ1n) is 15.7. The zero-order chi connectivity index (χ0) is 31.2. The molecule has 6 aromatic carbocycles. The summed E-state index contributed by atoms with van der Waals surface area (Å²) in [5.41, 5.74) is 11.8. The van der Waals surface area contributed by atoms with Gasteiger partial charge in [0.25, 0.3) is 0 Å². The number of hydrogen-bond acceptors (Lipinski definition) is 3. The van der Waals surface area contributed by atoms with E-state index >= 15 is 0 Å². The third kappa shape index (κ3) is 4.82. The van der Waals surface area contributed by atoms with Crippen LogP contribution >= 0.6 is 0 Å². The number of rotatable bonds is 6. The van der Waals surface area contributed by atoms with Crippen LogP contribution in [0.25, 0.3) is 78.3 Å². The van der Waals surface area contributed by atoms with Gasteiger partial charge in [-0.15, -0.1) is 0 Å². The number of fused-ring (bicyclic) bond motifs is 3. The van der Waals surface area contributed by atoms with E-state index in [1.54, 1.807) is 0 Å². The van der Waals surface area contributed by atoms with Gasteiger partial charge in [0.15, 0.2) is 0 Å². The fraction of sp³-hybridized carbons (Fsp3) is 0. The molecule has 0 fully saturated rings. The van der Waals surface area contributed by atoms with E-state index in [0.717, 1.165) is 78.3 Å². The normalized spacial score (nSPS) is 11.4. The van der Waals surface area contributed by atoms with Crippen LogP contribution in [0.3, 0.4) is 0 Å². The summed E-state index contributed by atoms with van der Waals surface area (Å²) in [6.45, 7) is 0. The Hall–Kier alpha value is -6.46. The van der Waals surface area contributed by atoms with Crippen LogP contribution in [0.15, 0.2) is 174 Å². The molecule has 5 nitrogen and oxygen atoms in total. The van der Waals surface area contributed by atoms with Gasteiger partial charge in [-0.3, -0.25) is 0 Å². The van der Waals surface area contributed by atoms with E-state index in [9.17, 15) is 0 Å². The van der Waals surface area contributed by atoms with Gasteiger partial charge in [0.2, 0.25) is 0 Å². The topological polar surface area (TPSA) is 48.8 Å². The monoisotopic (exact) mass is 604 g/mol. The molecule has 0 saturated carbocycles. The van der Waals surface area contributed by atoms with Crippen molar-refractivity contribution in [2.24, 2.45) is 0 Å². The molecule has 3 aromatic heterocycles. The molecule has 47 heavy (non-hydrogen) atoms. The lowest BCUT2D eigenvalue weighted by Gasteiger charge is -2.08. The molecule has 0 spiro atoms. The van der Waals surface area contributed by atoms with E-state index in [1.807, 2.05) is 82.2 Å². The maximum Gasteiger partial charge on any atom is 0.135 e. The molecule has 0 amide bonds. The van der Waals surface area contributed by atoms with Crippen molar-refractivity contribution >= 4 is 21.9 Å². The SMILES string of the molecule is c1ccc(-c2cc(-c3ccc4oc5ccc(-c6cc(-c7ccccc7)nn6-c6ccccc6)cc5c4c3)n(-c3ccccc3)n2)cc1. The average Bonchev–Trinajstić information content (AvgIpc) is 3.89. The lowest BCUT2D eigenvalue weighted by atomic mass is 10.0. The van der Waals surface area contributed by atoms with Gasteiger partial charge in [-0.05, 0) is 72.8 Å². The van der Waals surface area contributed by atoms with E-state index in [4.69, 9.17) is 14.6 Å². The maximum atomic E-state index is 6.37. The predicted octanol–water partition coefficient (Wildman–Crippen LogP) is 10.6. The highest BCUT2D eigenvalue weighted by Crippen LogP contribution is 2.37. The molecular weight excluding hydrogens is 576 g/mol. The number of furan rings is 1. The van der Waals surface area contributed by atoms with Crippen molar-refractivity contribution in [3.8, 4) is 56.4 Å². The van der Waals surface area contributed by atoms with Gasteiger partial charge in [-0.25, -0.2) is 9.36 Å². The summed E-state index contributed by atoms with van der Waals surface area (Å²) in [4.78, 5) is 0. The second-order valence-electron chi connectivity index (χ2n) is 11.6. The highest BCUT2D eigenvalue weighted by atomic mass is 16.3.